The van der Waals surface area contributed by atoms with Crippen molar-refractivity contribution in [2.45, 2.75) is 38.6 Å². The molecule has 0 spiro atoms. The van der Waals surface area contributed by atoms with Crippen molar-refractivity contribution in [1.29, 1.82) is 0 Å². The van der Waals surface area contributed by atoms with E-state index in [-0.39, 0.29) is 0 Å². The maximum absolute atomic E-state index is 6.11. The fourth-order valence-electron chi connectivity index (χ4n) is 1.90. The summed E-state index contributed by atoms with van der Waals surface area (Å²) in [4.78, 5) is 4.70. The number of imidazole rings is 1. The van der Waals surface area contributed by atoms with E-state index in [2.05, 4.69) is 17.7 Å². The maximum atomic E-state index is 6.11. The van der Waals surface area contributed by atoms with E-state index >= 15 is 0 Å². The minimum absolute atomic E-state index is 0.690. The molecule has 0 radical (unpaired) electrons. The Morgan fingerprint density at radius 3 is 2.80 bits per heavy atom. The molecule has 84 valence electrons. The molecule has 0 aliphatic heterocycles. The average Bonchev–Trinajstić information content (AvgIpc) is 3.02. The average molecular weight is 225 g/mol. The lowest BCUT2D eigenvalue weighted by molar-refractivity contribution is 0.708. The molecule has 0 unspecified atom stereocenters. The minimum Gasteiger partial charge on any atom is -0.384 e. The van der Waals surface area contributed by atoms with E-state index in [0.717, 1.165) is 30.2 Å². The Morgan fingerprint density at radius 1 is 1.53 bits per heavy atom. The number of aryl methyl sites for hydroxylation is 1. The van der Waals surface area contributed by atoms with Gasteiger partial charge in [-0.25, -0.2) is 4.98 Å². The first kappa shape index (κ1) is 10.9. The van der Waals surface area contributed by atoms with Gasteiger partial charge in [-0.3, -0.25) is 0 Å². The topological polar surface area (TPSA) is 43.8 Å². The van der Waals surface area contributed by atoms with E-state index in [1.165, 1.54) is 18.7 Å². The van der Waals surface area contributed by atoms with Crippen LogP contribution in [0.3, 0.4) is 0 Å². The van der Waals surface area contributed by atoms with Gasteiger partial charge in [-0.2, -0.15) is 11.8 Å². The van der Waals surface area contributed by atoms with Crippen molar-refractivity contribution < 1.29 is 0 Å². The van der Waals surface area contributed by atoms with Crippen molar-refractivity contribution in [3.63, 3.8) is 0 Å². The number of hydrogen-bond acceptors (Lipinski definition) is 3. The van der Waals surface area contributed by atoms with Crippen LogP contribution in [0.15, 0.2) is 0 Å². The number of hydrogen-bond donors (Lipinski definition) is 1. The summed E-state index contributed by atoms with van der Waals surface area (Å²) in [6.07, 6.45) is 5.70. The molecule has 1 aliphatic carbocycles. The van der Waals surface area contributed by atoms with Gasteiger partial charge in [0, 0.05) is 18.9 Å². The molecule has 4 heteroatoms. The van der Waals surface area contributed by atoms with Gasteiger partial charge >= 0.3 is 0 Å². The Kier molecular flexibility index (Phi) is 3.24. The lowest BCUT2D eigenvalue weighted by Crippen LogP contribution is -2.05. The molecule has 1 saturated carbocycles. The zero-order valence-electron chi connectivity index (χ0n) is 9.49. The van der Waals surface area contributed by atoms with Crippen LogP contribution in [0.5, 0.6) is 0 Å². The molecule has 1 aromatic heterocycles. The highest BCUT2D eigenvalue weighted by Crippen LogP contribution is 2.40. The van der Waals surface area contributed by atoms with Gasteiger partial charge in [-0.05, 0) is 31.8 Å². The standard InChI is InChI=1S/C11H19N3S/c1-3-14-10(12)9(6-7-15-2)13-11(14)8-4-5-8/h8H,3-7,12H2,1-2H3. The Bertz CT molecular complexity index is 342. The van der Waals surface area contributed by atoms with Crippen LogP contribution < -0.4 is 5.73 Å². The number of nitrogens with zero attached hydrogens (tertiary/aromatic N) is 2. The molecule has 1 fully saturated rings. The highest BCUT2D eigenvalue weighted by molar-refractivity contribution is 7.98. The number of anilines is 1. The van der Waals surface area contributed by atoms with Gasteiger partial charge in [-0.15, -0.1) is 0 Å². The summed E-state index contributed by atoms with van der Waals surface area (Å²) in [5.74, 6) is 3.92. The quantitative estimate of drug-likeness (QED) is 0.836. The number of aromatic nitrogens is 2. The molecule has 2 N–H and O–H groups in total. The van der Waals surface area contributed by atoms with Gasteiger partial charge in [0.25, 0.3) is 0 Å². The Balaban J connectivity index is 2.23. The highest BCUT2D eigenvalue weighted by atomic mass is 32.2. The smallest absolute Gasteiger partial charge is 0.126 e. The minimum atomic E-state index is 0.690. The molecular formula is C11H19N3S. The molecule has 0 aromatic carbocycles. The zero-order valence-corrected chi connectivity index (χ0v) is 10.3. The molecule has 3 nitrogen and oxygen atoms in total. The van der Waals surface area contributed by atoms with Crippen LogP contribution >= 0.6 is 11.8 Å². The predicted molar refractivity (Wildman–Crippen MR) is 66.4 cm³/mol. The Labute approximate surface area is 95.4 Å². The summed E-state index contributed by atoms with van der Waals surface area (Å²) in [6, 6.07) is 0. The second-order valence-corrected chi connectivity index (χ2v) is 5.05. The molecule has 1 heterocycles. The fraction of sp³-hybridized carbons (Fsp3) is 0.727. The van der Waals surface area contributed by atoms with Crippen LogP contribution in [0.25, 0.3) is 0 Å². The monoisotopic (exact) mass is 225 g/mol. The van der Waals surface area contributed by atoms with E-state index in [9.17, 15) is 0 Å². The van der Waals surface area contributed by atoms with E-state index in [4.69, 9.17) is 10.7 Å². The van der Waals surface area contributed by atoms with Crippen molar-refractivity contribution in [3.05, 3.63) is 11.5 Å². The molecule has 0 amide bonds. The van der Waals surface area contributed by atoms with Gasteiger partial charge in [0.2, 0.25) is 0 Å². The summed E-state index contributed by atoms with van der Waals surface area (Å²) in [5.41, 5.74) is 7.22. The lowest BCUT2D eigenvalue weighted by atomic mass is 10.3. The summed E-state index contributed by atoms with van der Waals surface area (Å²) < 4.78 is 2.19. The maximum Gasteiger partial charge on any atom is 0.126 e. The van der Waals surface area contributed by atoms with Crippen LogP contribution in [0.2, 0.25) is 0 Å². The van der Waals surface area contributed by atoms with Gasteiger partial charge < -0.3 is 10.3 Å². The SMILES string of the molecule is CCn1c(C2CC2)nc(CCSC)c1N. The molecule has 0 bridgehead atoms. The van der Waals surface area contributed by atoms with E-state index in [0.29, 0.717) is 5.92 Å². The summed E-state index contributed by atoms with van der Waals surface area (Å²) in [5, 5.41) is 0. The number of nitrogen functional groups attached to an aromatic ring is 1. The van der Waals surface area contributed by atoms with Crippen LogP contribution in [0.1, 0.15) is 37.2 Å². The van der Waals surface area contributed by atoms with E-state index < -0.39 is 0 Å². The third kappa shape index (κ3) is 2.14. The van der Waals surface area contributed by atoms with Crippen molar-refractivity contribution in [1.82, 2.24) is 9.55 Å². The number of rotatable bonds is 5. The predicted octanol–water partition coefficient (Wildman–Crippen LogP) is 2.27. The molecule has 1 aliphatic rings. The highest BCUT2D eigenvalue weighted by Gasteiger charge is 2.30. The second-order valence-electron chi connectivity index (χ2n) is 4.06. The molecule has 0 atom stereocenters. The molecule has 2 rings (SSSR count). The lowest BCUT2D eigenvalue weighted by Gasteiger charge is -2.04. The van der Waals surface area contributed by atoms with Crippen molar-refractivity contribution in [3.8, 4) is 0 Å². The molecule has 1 aromatic rings. The Morgan fingerprint density at radius 2 is 2.27 bits per heavy atom. The number of thioether (sulfide) groups is 1. The van der Waals surface area contributed by atoms with Gasteiger partial charge in [0.05, 0.1) is 5.69 Å². The van der Waals surface area contributed by atoms with E-state index in [1.807, 2.05) is 11.8 Å². The first-order valence-electron chi connectivity index (χ1n) is 5.61. The van der Waals surface area contributed by atoms with Gasteiger partial charge in [0.1, 0.15) is 11.6 Å². The number of nitrogens with two attached hydrogens (primary N) is 1. The van der Waals surface area contributed by atoms with Crippen LogP contribution in [-0.2, 0) is 13.0 Å². The van der Waals surface area contributed by atoms with Crippen molar-refractivity contribution >= 4 is 17.6 Å². The van der Waals surface area contributed by atoms with Crippen LogP contribution in [0.4, 0.5) is 5.82 Å². The van der Waals surface area contributed by atoms with Crippen molar-refractivity contribution in [2.75, 3.05) is 17.7 Å². The first-order chi connectivity index (χ1) is 7.27. The summed E-state index contributed by atoms with van der Waals surface area (Å²) in [7, 11) is 0. The van der Waals surface area contributed by atoms with Crippen LogP contribution in [0, 0.1) is 0 Å². The van der Waals surface area contributed by atoms with Crippen molar-refractivity contribution in [2.24, 2.45) is 0 Å². The fourth-order valence-corrected chi connectivity index (χ4v) is 2.30. The Hall–Kier alpha value is -0.640. The van der Waals surface area contributed by atoms with Gasteiger partial charge in [-0.1, -0.05) is 0 Å². The molecule has 0 saturated heterocycles. The summed E-state index contributed by atoms with van der Waals surface area (Å²) in [6.45, 7) is 3.09. The summed E-state index contributed by atoms with van der Waals surface area (Å²) >= 11 is 1.85. The van der Waals surface area contributed by atoms with E-state index in [1.54, 1.807) is 0 Å². The molecule has 15 heavy (non-hydrogen) atoms. The first-order valence-corrected chi connectivity index (χ1v) is 7.01. The third-order valence-corrected chi connectivity index (χ3v) is 3.53. The second kappa shape index (κ2) is 4.47. The van der Waals surface area contributed by atoms with Gasteiger partial charge in [0.15, 0.2) is 0 Å². The van der Waals surface area contributed by atoms with Crippen LogP contribution in [-0.4, -0.2) is 21.6 Å². The normalized spacial score (nSPS) is 15.9. The molecular weight excluding hydrogens is 206 g/mol. The largest absolute Gasteiger partial charge is 0.384 e. The third-order valence-electron chi connectivity index (χ3n) is 2.91. The zero-order chi connectivity index (χ0) is 10.8.